The van der Waals surface area contributed by atoms with Crippen molar-refractivity contribution in [3.8, 4) is 11.1 Å². The van der Waals surface area contributed by atoms with E-state index in [9.17, 15) is 0 Å². The highest BCUT2D eigenvalue weighted by Crippen LogP contribution is 2.37. The maximum atomic E-state index is 6.28. The van der Waals surface area contributed by atoms with Gasteiger partial charge in [0.15, 0.2) is 0 Å². The Morgan fingerprint density at radius 2 is 1.53 bits per heavy atom. The highest BCUT2D eigenvalue weighted by Gasteiger charge is 2.17. The third-order valence-corrected chi connectivity index (χ3v) is 5.92. The van der Waals surface area contributed by atoms with E-state index in [-0.39, 0.29) is 0 Å². The summed E-state index contributed by atoms with van der Waals surface area (Å²) < 4.78 is 6.28. The van der Waals surface area contributed by atoms with Crippen LogP contribution in [0.4, 0.5) is 11.4 Å². The van der Waals surface area contributed by atoms with Crippen LogP contribution in [0, 0.1) is 0 Å². The topological polar surface area (TPSA) is 25.2 Å². The number of fused-ring (bicyclic) bond motifs is 4. The lowest BCUT2D eigenvalue weighted by molar-refractivity contribution is 0.547. The summed E-state index contributed by atoms with van der Waals surface area (Å²) in [7, 11) is 0. The van der Waals surface area contributed by atoms with Gasteiger partial charge in [0.25, 0.3) is 0 Å². The quantitative estimate of drug-likeness (QED) is 0.340. The first kappa shape index (κ1) is 17.1. The van der Waals surface area contributed by atoms with Crippen molar-refractivity contribution in [1.29, 1.82) is 0 Å². The lowest BCUT2D eigenvalue weighted by atomic mass is 9.99. The highest BCUT2D eigenvalue weighted by molar-refractivity contribution is 5.99. The maximum Gasteiger partial charge on any atom is 0.142 e. The number of nitrogens with one attached hydrogen (secondary N) is 1. The van der Waals surface area contributed by atoms with E-state index in [0.29, 0.717) is 0 Å². The highest BCUT2D eigenvalue weighted by atomic mass is 16.3. The molecule has 0 fully saturated rings. The van der Waals surface area contributed by atoms with Gasteiger partial charge in [0.05, 0.1) is 0 Å². The van der Waals surface area contributed by atoms with Gasteiger partial charge in [-0.05, 0) is 35.6 Å². The van der Waals surface area contributed by atoms with Crippen LogP contribution in [0.3, 0.4) is 0 Å². The van der Waals surface area contributed by atoms with Crippen LogP contribution in [0.2, 0.25) is 0 Å². The number of furan rings is 1. The van der Waals surface area contributed by atoms with Crippen LogP contribution in [-0.4, -0.2) is 0 Å². The number of allylic oxidation sites excluding steroid dienone is 1. The SMILES string of the molecule is C1=Cc2c(oc3c(-c4ccc(Nc5cccc6ccccc56)cc4)cccc23)CC1. The summed E-state index contributed by atoms with van der Waals surface area (Å²) >= 11 is 0. The second kappa shape index (κ2) is 6.93. The normalized spacial score (nSPS) is 12.9. The van der Waals surface area contributed by atoms with Crippen LogP contribution in [0.1, 0.15) is 17.7 Å². The van der Waals surface area contributed by atoms with Gasteiger partial charge >= 0.3 is 0 Å². The van der Waals surface area contributed by atoms with Crippen molar-refractivity contribution in [3.05, 3.63) is 102 Å². The summed E-state index contributed by atoms with van der Waals surface area (Å²) in [6, 6.07) is 29.8. The van der Waals surface area contributed by atoms with Gasteiger partial charge in [-0.2, -0.15) is 0 Å². The summed E-state index contributed by atoms with van der Waals surface area (Å²) in [6.07, 6.45) is 6.47. The molecule has 4 aromatic carbocycles. The summed E-state index contributed by atoms with van der Waals surface area (Å²) in [5.74, 6) is 1.11. The Morgan fingerprint density at radius 3 is 2.47 bits per heavy atom. The average Bonchev–Trinajstić information content (AvgIpc) is 3.19. The number of aryl methyl sites for hydroxylation is 1. The summed E-state index contributed by atoms with van der Waals surface area (Å²) in [4.78, 5) is 0. The molecule has 5 aromatic rings. The second-order valence-corrected chi connectivity index (χ2v) is 7.79. The van der Waals surface area contributed by atoms with Gasteiger partial charge in [0.1, 0.15) is 11.3 Å². The van der Waals surface area contributed by atoms with Crippen LogP contribution in [0.25, 0.3) is 38.9 Å². The molecule has 0 radical (unpaired) electrons. The van der Waals surface area contributed by atoms with E-state index >= 15 is 0 Å². The Hall–Kier alpha value is -3.78. The smallest absolute Gasteiger partial charge is 0.142 e. The molecule has 2 heteroatoms. The molecule has 1 heterocycles. The lowest BCUT2D eigenvalue weighted by Gasteiger charge is -2.11. The van der Waals surface area contributed by atoms with Crippen LogP contribution in [-0.2, 0) is 6.42 Å². The van der Waals surface area contributed by atoms with Crippen molar-refractivity contribution >= 4 is 39.2 Å². The Labute approximate surface area is 175 Å². The van der Waals surface area contributed by atoms with Crippen molar-refractivity contribution in [1.82, 2.24) is 0 Å². The van der Waals surface area contributed by atoms with Gasteiger partial charge in [-0.25, -0.2) is 0 Å². The zero-order chi connectivity index (χ0) is 19.9. The fraction of sp³-hybridized carbons (Fsp3) is 0.0714. The van der Waals surface area contributed by atoms with Crippen molar-refractivity contribution in [2.45, 2.75) is 12.8 Å². The lowest BCUT2D eigenvalue weighted by Crippen LogP contribution is -1.91. The van der Waals surface area contributed by atoms with Crippen molar-refractivity contribution in [3.63, 3.8) is 0 Å². The van der Waals surface area contributed by atoms with Crippen LogP contribution in [0.5, 0.6) is 0 Å². The minimum Gasteiger partial charge on any atom is -0.460 e. The van der Waals surface area contributed by atoms with Gasteiger partial charge in [-0.3, -0.25) is 0 Å². The Balaban J connectivity index is 1.36. The van der Waals surface area contributed by atoms with E-state index in [1.807, 2.05) is 0 Å². The molecule has 0 saturated heterocycles. The monoisotopic (exact) mass is 387 g/mol. The minimum atomic E-state index is 0.980. The molecule has 1 aliphatic rings. The van der Waals surface area contributed by atoms with E-state index < -0.39 is 0 Å². The minimum absolute atomic E-state index is 0.980. The molecule has 0 spiro atoms. The number of para-hydroxylation sites is 1. The molecule has 30 heavy (non-hydrogen) atoms. The van der Waals surface area contributed by atoms with Gasteiger partial charge in [0.2, 0.25) is 0 Å². The molecule has 0 amide bonds. The molecule has 0 unspecified atom stereocenters. The predicted molar refractivity (Wildman–Crippen MR) is 126 cm³/mol. The van der Waals surface area contributed by atoms with Crippen LogP contribution in [0.15, 0.2) is 95.4 Å². The van der Waals surface area contributed by atoms with Gasteiger partial charge in [0, 0.05) is 39.7 Å². The fourth-order valence-electron chi connectivity index (χ4n) is 4.42. The summed E-state index contributed by atoms with van der Waals surface area (Å²) in [6.45, 7) is 0. The van der Waals surface area contributed by atoms with Gasteiger partial charge in [-0.15, -0.1) is 0 Å². The molecule has 1 N–H and O–H groups in total. The zero-order valence-electron chi connectivity index (χ0n) is 16.6. The molecular formula is C28H21NO. The predicted octanol–water partition coefficient (Wildman–Crippen LogP) is 7.96. The Kier molecular flexibility index (Phi) is 3.95. The Morgan fingerprint density at radius 1 is 0.733 bits per heavy atom. The van der Waals surface area contributed by atoms with Gasteiger partial charge in [-0.1, -0.05) is 78.9 Å². The number of benzene rings is 4. The number of hydrogen-bond donors (Lipinski definition) is 1. The summed E-state index contributed by atoms with van der Waals surface area (Å²) in [5, 5.41) is 7.24. The second-order valence-electron chi connectivity index (χ2n) is 7.79. The van der Waals surface area contributed by atoms with E-state index in [2.05, 4.69) is 102 Å². The van der Waals surface area contributed by atoms with Crippen LogP contribution < -0.4 is 5.32 Å². The van der Waals surface area contributed by atoms with E-state index in [4.69, 9.17) is 4.42 Å². The standard InChI is InChI=1S/C28H21NO/c1-2-9-22-19(7-1)8-5-13-26(22)29-21-17-15-20(16-18-21)23-11-6-12-25-24-10-3-4-14-27(24)30-28(23)25/h1-3,5-13,15-18,29H,4,14H2. The maximum absolute atomic E-state index is 6.28. The Bertz CT molecular complexity index is 1400. The van der Waals surface area contributed by atoms with Crippen molar-refractivity contribution in [2.24, 2.45) is 0 Å². The molecule has 0 saturated carbocycles. The number of hydrogen-bond acceptors (Lipinski definition) is 2. The average molecular weight is 387 g/mol. The van der Waals surface area contributed by atoms with Gasteiger partial charge < -0.3 is 9.73 Å². The number of rotatable bonds is 3. The molecule has 0 bridgehead atoms. The molecular weight excluding hydrogens is 366 g/mol. The molecule has 0 atom stereocenters. The third-order valence-electron chi connectivity index (χ3n) is 5.92. The first-order valence-electron chi connectivity index (χ1n) is 10.4. The van der Waals surface area contributed by atoms with Crippen molar-refractivity contribution in [2.75, 3.05) is 5.32 Å². The number of anilines is 2. The van der Waals surface area contributed by atoms with Crippen molar-refractivity contribution < 1.29 is 4.42 Å². The molecule has 2 nitrogen and oxygen atoms in total. The zero-order valence-corrected chi connectivity index (χ0v) is 16.6. The molecule has 6 rings (SSSR count). The molecule has 144 valence electrons. The first-order chi connectivity index (χ1) is 14.9. The summed E-state index contributed by atoms with van der Waals surface area (Å²) in [5.41, 5.74) is 6.74. The third kappa shape index (κ3) is 2.81. The first-order valence-corrected chi connectivity index (χ1v) is 10.4. The molecule has 1 aliphatic carbocycles. The van der Waals surface area contributed by atoms with Crippen LogP contribution >= 0.6 is 0 Å². The van der Waals surface area contributed by atoms with E-state index in [0.717, 1.165) is 41.1 Å². The fourth-order valence-corrected chi connectivity index (χ4v) is 4.42. The largest absolute Gasteiger partial charge is 0.460 e. The van der Waals surface area contributed by atoms with E-state index in [1.54, 1.807) is 0 Å². The molecule has 0 aliphatic heterocycles. The van der Waals surface area contributed by atoms with E-state index in [1.165, 1.54) is 27.3 Å². The molecule has 1 aromatic heterocycles.